The number of hydrogen-bond acceptors (Lipinski definition) is 15. The van der Waals surface area contributed by atoms with Crippen LogP contribution in [0.25, 0.3) is 22.3 Å². The largest absolute Gasteiger partial charge is 0.507 e. The Morgan fingerprint density at radius 3 is 2.14 bits per heavy atom. The van der Waals surface area contributed by atoms with Crippen LogP contribution in [-0.2, 0) is 9.47 Å². The number of rotatable bonds is 5. The molecular weight excluding hydrogens is 564 g/mol. The Kier molecular flexibility index (Phi) is 8.06. The lowest BCUT2D eigenvalue weighted by atomic mass is 9.89. The van der Waals surface area contributed by atoms with Crippen LogP contribution >= 0.6 is 0 Å². The predicted octanol–water partition coefficient (Wildman–Crippen LogP) is -1.70. The van der Waals surface area contributed by atoms with Crippen LogP contribution in [0.15, 0.2) is 39.5 Å². The molecule has 0 spiro atoms. The number of aromatic hydroxyl groups is 3. The van der Waals surface area contributed by atoms with Crippen LogP contribution in [0.2, 0.25) is 0 Å². The molecule has 0 amide bonds. The smallest absolute Gasteiger partial charge is 0.229 e. The number of benzene rings is 2. The molecule has 42 heavy (non-hydrogen) atoms. The number of ether oxygens (including phenoxy) is 3. The van der Waals surface area contributed by atoms with Crippen molar-refractivity contribution in [3.63, 3.8) is 0 Å². The summed E-state index contributed by atoms with van der Waals surface area (Å²) in [5.74, 6) is -2.31. The minimum atomic E-state index is -1.92. The second kappa shape index (κ2) is 11.3. The molecule has 0 saturated carbocycles. The fourth-order valence-electron chi connectivity index (χ4n) is 5.07. The molecule has 228 valence electrons. The highest BCUT2D eigenvalue weighted by atomic mass is 16.7. The number of phenolic OH excluding ortho intramolecular Hbond substituents is 3. The lowest BCUT2D eigenvalue weighted by Gasteiger charge is -2.42. The van der Waals surface area contributed by atoms with Gasteiger partial charge in [-0.15, -0.1) is 0 Å². The van der Waals surface area contributed by atoms with Crippen molar-refractivity contribution in [3.05, 3.63) is 46.1 Å². The van der Waals surface area contributed by atoms with E-state index in [9.17, 15) is 55.9 Å². The first-order chi connectivity index (χ1) is 19.8. The van der Waals surface area contributed by atoms with Gasteiger partial charge in [-0.2, -0.15) is 0 Å². The Hall–Kier alpha value is -3.51. The summed E-state index contributed by atoms with van der Waals surface area (Å²) in [6, 6.07) is 5.44. The average molecular weight is 595 g/mol. The van der Waals surface area contributed by atoms with Crippen LogP contribution in [0.3, 0.4) is 0 Å². The maximum atomic E-state index is 13.2. The van der Waals surface area contributed by atoms with E-state index in [1.54, 1.807) is 0 Å². The minimum Gasteiger partial charge on any atom is -0.507 e. The highest BCUT2D eigenvalue weighted by Crippen LogP contribution is 2.45. The van der Waals surface area contributed by atoms with Crippen molar-refractivity contribution in [1.82, 2.24) is 0 Å². The van der Waals surface area contributed by atoms with E-state index >= 15 is 0 Å². The molecule has 0 aliphatic carbocycles. The van der Waals surface area contributed by atoms with Crippen LogP contribution < -0.4 is 10.2 Å². The summed E-state index contributed by atoms with van der Waals surface area (Å²) in [4.78, 5) is 13.2. The van der Waals surface area contributed by atoms with Gasteiger partial charge in [0.2, 0.25) is 6.29 Å². The molecule has 0 bridgehead atoms. The van der Waals surface area contributed by atoms with Gasteiger partial charge in [-0.1, -0.05) is 0 Å². The molecule has 3 aromatic rings. The molecule has 0 unspecified atom stereocenters. The quantitative estimate of drug-likeness (QED) is 0.148. The Morgan fingerprint density at radius 1 is 0.786 bits per heavy atom. The van der Waals surface area contributed by atoms with Gasteiger partial charge in [-0.05, 0) is 25.1 Å². The second-order valence-corrected chi connectivity index (χ2v) is 10.2. The molecule has 10 atom stereocenters. The number of fused-ring (bicyclic) bond motifs is 1. The highest BCUT2D eigenvalue weighted by molar-refractivity contribution is 5.90. The maximum absolute atomic E-state index is 13.2. The van der Waals surface area contributed by atoms with E-state index in [-0.39, 0.29) is 16.9 Å². The van der Waals surface area contributed by atoms with Gasteiger partial charge in [0, 0.05) is 17.7 Å². The summed E-state index contributed by atoms with van der Waals surface area (Å²) in [6.45, 7) is 0.590. The standard InChI is InChI=1S/C27H30O15/c1-8-19(33)21(35)24(38)27(39-8)42-15-6-13(32)17-12(31)5-14(9-2-3-10(29)11(30)4-9)40-25(17)18(15)26-23(37)22(36)20(34)16(7-28)41-26/h2-6,8,16,19-24,26-30,32-38H,7H2,1H3/t8-,16-,19+,20-,21-,22-,23-,24-,26-,27+/m1/s1. The lowest BCUT2D eigenvalue weighted by Crippen LogP contribution is -2.58. The minimum absolute atomic E-state index is 0.104. The normalized spacial score (nSPS) is 33.5. The van der Waals surface area contributed by atoms with Gasteiger partial charge >= 0.3 is 0 Å². The first-order valence-corrected chi connectivity index (χ1v) is 12.9. The molecule has 1 aromatic heterocycles. The van der Waals surface area contributed by atoms with Crippen LogP contribution in [0.1, 0.15) is 18.6 Å². The number of aliphatic hydroxyl groups excluding tert-OH is 7. The first-order valence-electron chi connectivity index (χ1n) is 12.9. The third kappa shape index (κ3) is 5.04. The molecule has 10 N–H and O–H groups in total. The summed E-state index contributed by atoms with van der Waals surface area (Å²) < 4.78 is 22.9. The second-order valence-electron chi connectivity index (χ2n) is 10.2. The fourth-order valence-corrected chi connectivity index (χ4v) is 5.07. The Balaban J connectivity index is 1.75. The summed E-state index contributed by atoms with van der Waals surface area (Å²) in [6.07, 6.45) is -16.4. The van der Waals surface area contributed by atoms with Crippen molar-refractivity contribution in [3.8, 4) is 34.3 Å². The zero-order valence-corrected chi connectivity index (χ0v) is 21.9. The molecule has 0 radical (unpaired) electrons. The van der Waals surface area contributed by atoms with E-state index in [2.05, 4.69) is 0 Å². The van der Waals surface area contributed by atoms with Crippen molar-refractivity contribution >= 4 is 11.0 Å². The predicted molar refractivity (Wildman–Crippen MR) is 139 cm³/mol. The molecular formula is C27H30O15. The molecule has 2 aromatic carbocycles. The lowest BCUT2D eigenvalue weighted by molar-refractivity contribution is -0.269. The number of phenols is 3. The fraction of sp³-hybridized carbons (Fsp3) is 0.444. The molecule has 15 heteroatoms. The van der Waals surface area contributed by atoms with E-state index in [1.807, 2.05) is 0 Å². The third-order valence-electron chi connectivity index (χ3n) is 7.47. The summed E-state index contributed by atoms with van der Waals surface area (Å²) in [5, 5.41) is 102. The van der Waals surface area contributed by atoms with Crippen molar-refractivity contribution in [2.45, 2.75) is 68.1 Å². The molecule has 3 heterocycles. The zero-order chi connectivity index (χ0) is 30.6. The topological polar surface area (TPSA) is 260 Å². The van der Waals surface area contributed by atoms with E-state index in [0.29, 0.717) is 0 Å². The molecule has 15 nitrogen and oxygen atoms in total. The van der Waals surface area contributed by atoms with Gasteiger partial charge in [0.25, 0.3) is 0 Å². The van der Waals surface area contributed by atoms with Gasteiger partial charge in [-0.25, -0.2) is 0 Å². The van der Waals surface area contributed by atoms with Crippen LogP contribution in [0.4, 0.5) is 0 Å². The van der Waals surface area contributed by atoms with E-state index in [1.165, 1.54) is 13.0 Å². The van der Waals surface area contributed by atoms with Crippen LogP contribution in [0, 0.1) is 0 Å². The van der Waals surface area contributed by atoms with Crippen LogP contribution in [0.5, 0.6) is 23.0 Å². The van der Waals surface area contributed by atoms with Gasteiger partial charge in [-0.3, -0.25) is 4.79 Å². The average Bonchev–Trinajstić information content (AvgIpc) is 2.95. The third-order valence-corrected chi connectivity index (χ3v) is 7.47. The van der Waals surface area contributed by atoms with Gasteiger partial charge in [0.1, 0.15) is 71.5 Å². The van der Waals surface area contributed by atoms with Crippen molar-refractivity contribution < 1.29 is 69.7 Å². The van der Waals surface area contributed by atoms with E-state index in [4.69, 9.17) is 18.6 Å². The van der Waals surface area contributed by atoms with Gasteiger partial charge in [0.15, 0.2) is 22.5 Å². The van der Waals surface area contributed by atoms with Crippen LogP contribution in [-0.4, -0.2) is 113 Å². The SMILES string of the molecule is C[C@H]1O[C@@H](Oc2cc(O)c3c(=O)cc(-c4ccc(O)c(O)c4)oc3c2[C@H]2O[C@H](CO)[C@@H](O)[C@@H](O)[C@H]2O)[C@H](O)[C@H](O)[C@H]1O. The maximum Gasteiger partial charge on any atom is 0.229 e. The van der Waals surface area contributed by atoms with E-state index in [0.717, 1.165) is 24.3 Å². The molecule has 2 aliphatic rings. The Labute approximate surface area is 236 Å². The monoisotopic (exact) mass is 594 g/mol. The van der Waals surface area contributed by atoms with Crippen molar-refractivity contribution in [2.24, 2.45) is 0 Å². The summed E-state index contributed by atoms with van der Waals surface area (Å²) in [7, 11) is 0. The molecule has 5 rings (SSSR count). The summed E-state index contributed by atoms with van der Waals surface area (Å²) >= 11 is 0. The van der Waals surface area contributed by atoms with Crippen molar-refractivity contribution in [1.29, 1.82) is 0 Å². The van der Waals surface area contributed by atoms with Crippen molar-refractivity contribution in [2.75, 3.05) is 6.61 Å². The molecule has 2 aliphatic heterocycles. The summed E-state index contributed by atoms with van der Waals surface area (Å²) in [5.41, 5.74) is -1.49. The first kappa shape index (κ1) is 30.0. The molecule has 2 fully saturated rings. The van der Waals surface area contributed by atoms with Gasteiger partial charge < -0.3 is 69.7 Å². The van der Waals surface area contributed by atoms with Gasteiger partial charge in [0.05, 0.1) is 18.3 Å². The number of hydrogen-bond donors (Lipinski definition) is 10. The Morgan fingerprint density at radius 2 is 1.48 bits per heavy atom. The van der Waals surface area contributed by atoms with E-state index < -0.39 is 107 Å². The number of aliphatic hydroxyl groups is 7. The molecule has 2 saturated heterocycles. The zero-order valence-electron chi connectivity index (χ0n) is 21.9. The highest BCUT2D eigenvalue weighted by Gasteiger charge is 2.48. The Bertz CT molecular complexity index is 1520.